The fourth-order valence-electron chi connectivity index (χ4n) is 1.53. The van der Waals surface area contributed by atoms with Crippen LogP contribution in [0.4, 0.5) is 14.5 Å². The first kappa shape index (κ1) is 14.1. The Morgan fingerprint density at radius 2 is 1.84 bits per heavy atom. The molecule has 2 aromatic rings. The minimum atomic E-state index is -1.53. The minimum Gasteiger partial charge on any atom is -0.396 e. The summed E-state index contributed by atoms with van der Waals surface area (Å²) in [6.07, 6.45) is 0. The largest absolute Gasteiger partial charge is 0.396 e. The molecule has 0 fully saturated rings. The lowest BCUT2D eigenvalue weighted by Gasteiger charge is -2.06. The average molecular weight is 346 g/mol. The number of halogens is 3. The van der Waals surface area contributed by atoms with Crippen molar-refractivity contribution in [2.45, 2.75) is 10.6 Å². The number of nitrogen functional groups attached to an aromatic ring is 1. The number of hydrogen-bond acceptors (Lipinski definition) is 2. The van der Waals surface area contributed by atoms with Gasteiger partial charge in [-0.25, -0.2) is 8.78 Å². The molecule has 0 aliphatic carbocycles. The van der Waals surface area contributed by atoms with Crippen LogP contribution in [-0.4, -0.2) is 4.21 Å². The first-order chi connectivity index (χ1) is 8.97. The summed E-state index contributed by atoms with van der Waals surface area (Å²) in [5.74, 6) is -1.08. The van der Waals surface area contributed by atoms with E-state index in [0.717, 1.165) is 6.07 Å². The van der Waals surface area contributed by atoms with Gasteiger partial charge in [0, 0.05) is 14.9 Å². The molecule has 0 radical (unpaired) electrons. The van der Waals surface area contributed by atoms with Crippen LogP contribution in [-0.2, 0) is 16.6 Å². The maximum atomic E-state index is 13.5. The highest BCUT2D eigenvalue weighted by molar-refractivity contribution is 9.10. The number of benzene rings is 2. The molecular weight excluding hydrogens is 336 g/mol. The van der Waals surface area contributed by atoms with Gasteiger partial charge in [-0.15, -0.1) is 0 Å². The lowest BCUT2D eigenvalue weighted by molar-refractivity contribution is 0.614. The Hall–Kier alpha value is -1.27. The average Bonchev–Trinajstić information content (AvgIpc) is 2.37. The summed E-state index contributed by atoms with van der Waals surface area (Å²) in [5.41, 5.74) is 5.65. The van der Waals surface area contributed by atoms with Crippen LogP contribution in [0.1, 0.15) is 5.56 Å². The number of rotatable bonds is 3. The van der Waals surface area contributed by atoms with E-state index in [0.29, 0.717) is 10.0 Å². The Morgan fingerprint density at radius 3 is 2.53 bits per heavy atom. The lowest BCUT2D eigenvalue weighted by Crippen LogP contribution is -2.01. The molecule has 2 N–H and O–H groups in total. The monoisotopic (exact) mass is 345 g/mol. The third kappa shape index (κ3) is 3.39. The van der Waals surface area contributed by atoms with Crippen molar-refractivity contribution < 1.29 is 13.0 Å². The van der Waals surface area contributed by atoms with E-state index in [1.807, 2.05) is 0 Å². The predicted molar refractivity (Wildman–Crippen MR) is 75.0 cm³/mol. The van der Waals surface area contributed by atoms with Gasteiger partial charge in [0.1, 0.15) is 11.6 Å². The zero-order valence-electron chi connectivity index (χ0n) is 9.70. The van der Waals surface area contributed by atoms with Gasteiger partial charge in [-0.3, -0.25) is 4.21 Å². The van der Waals surface area contributed by atoms with Crippen molar-refractivity contribution in [2.75, 3.05) is 5.73 Å². The summed E-state index contributed by atoms with van der Waals surface area (Å²) in [6, 6.07) is 8.34. The minimum absolute atomic E-state index is 0.00520. The van der Waals surface area contributed by atoms with Gasteiger partial charge in [-0.1, -0.05) is 15.9 Å². The molecule has 19 heavy (non-hydrogen) atoms. The van der Waals surface area contributed by atoms with Crippen molar-refractivity contribution in [1.82, 2.24) is 0 Å². The predicted octanol–water partition coefficient (Wildman–Crippen LogP) is 3.62. The molecule has 0 saturated heterocycles. The van der Waals surface area contributed by atoms with E-state index in [1.165, 1.54) is 18.2 Å². The van der Waals surface area contributed by atoms with Crippen molar-refractivity contribution in [3.05, 3.63) is 58.1 Å². The number of nitrogens with two attached hydrogens (primary N) is 1. The molecule has 2 rings (SSSR count). The van der Waals surface area contributed by atoms with E-state index in [2.05, 4.69) is 15.9 Å². The van der Waals surface area contributed by atoms with Gasteiger partial charge in [0.2, 0.25) is 0 Å². The van der Waals surface area contributed by atoms with Crippen molar-refractivity contribution in [3.63, 3.8) is 0 Å². The Balaban J connectivity index is 2.25. The van der Waals surface area contributed by atoms with Crippen LogP contribution in [0.3, 0.4) is 0 Å². The molecule has 1 unspecified atom stereocenters. The molecule has 6 heteroatoms. The third-order valence-electron chi connectivity index (χ3n) is 2.53. The molecule has 0 aromatic heterocycles. The highest BCUT2D eigenvalue weighted by Gasteiger charge is 2.11. The summed E-state index contributed by atoms with van der Waals surface area (Å²) in [4.78, 5) is 0.283. The fourth-order valence-corrected chi connectivity index (χ4v) is 3.06. The third-order valence-corrected chi connectivity index (χ3v) is 4.38. The SMILES string of the molecule is Nc1ccc(S(=O)Cc2cc(Br)ccc2F)cc1F. The van der Waals surface area contributed by atoms with Crippen LogP contribution in [0, 0.1) is 11.6 Å². The maximum Gasteiger partial charge on any atom is 0.147 e. The summed E-state index contributed by atoms with van der Waals surface area (Å²) in [6.45, 7) is 0. The molecule has 0 aliphatic heterocycles. The molecule has 2 aromatic carbocycles. The molecule has 0 amide bonds. The van der Waals surface area contributed by atoms with Gasteiger partial charge in [-0.05, 0) is 36.4 Å². The normalized spacial score (nSPS) is 12.4. The molecule has 0 aliphatic rings. The Kier molecular flexibility index (Phi) is 4.31. The lowest BCUT2D eigenvalue weighted by atomic mass is 10.2. The Bertz CT molecular complexity index is 649. The summed E-state index contributed by atoms with van der Waals surface area (Å²) >= 11 is 3.22. The summed E-state index contributed by atoms with van der Waals surface area (Å²) in [7, 11) is -1.53. The van der Waals surface area contributed by atoms with Gasteiger partial charge in [0.15, 0.2) is 0 Å². The fraction of sp³-hybridized carbons (Fsp3) is 0.0769. The molecule has 0 saturated carbocycles. The van der Waals surface area contributed by atoms with Crippen molar-refractivity contribution in [1.29, 1.82) is 0 Å². The zero-order chi connectivity index (χ0) is 14.0. The number of anilines is 1. The van der Waals surface area contributed by atoms with Crippen molar-refractivity contribution >= 4 is 32.4 Å². The molecule has 0 heterocycles. The van der Waals surface area contributed by atoms with E-state index in [-0.39, 0.29) is 16.3 Å². The van der Waals surface area contributed by atoms with E-state index < -0.39 is 22.4 Å². The van der Waals surface area contributed by atoms with Gasteiger partial charge in [0.25, 0.3) is 0 Å². The molecule has 0 spiro atoms. The molecule has 100 valence electrons. The molecule has 1 atom stereocenters. The van der Waals surface area contributed by atoms with Gasteiger partial charge in [-0.2, -0.15) is 0 Å². The first-order valence-corrected chi connectivity index (χ1v) is 7.46. The quantitative estimate of drug-likeness (QED) is 0.863. The molecule has 2 nitrogen and oxygen atoms in total. The van der Waals surface area contributed by atoms with Gasteiger partial charge in [0.05, 0.1) is 22.2 Å². The van der Waals surface area contributed by atoms with Crippen LogP contribution >= 0.6 is 15.9 Å². The van der Waals surface area contributed by atoms with Gasteiger partial charge < -0.3 is 5.73 Å². The van der Waals surface area contributed by atoms with Crippen molar-refractivity contribution in [2.24, 2.45) is 0 Å². The Labute approximate surface area is 120 Å². The maximum absolute atomic E-state index is 13.5. The van der Waals surface area contributed by atoms with Crippen LogP contribution in [0.2, 0.25) is 0 Å². The van der Waals surface area contributed by atoms with E-state index >= 15 is 0 Å². The van der Waals surface area contributed by atoms with Crippen LogP contribution in [0.5, 0.6) is 0 Å². The second kappa shape index (κ2) is 5.79. The summed E-state index contributed by atoms with van der Waals surface area (Å²) < 4.78 is 39.6. The van der Waals surface area contributed by atoms with Crippen molar-refractivity contribution in [3.8, 4) is 0 Å². The van der Waals surface area contributed by atoms with E-state index in [4.69, 9.17) is 5.73 Å². The Morgan fingerprint density at radius 1 is 1.11 bits per heavy atom. The first-order valence-electron chi connectivity index (χ1n) is 5.34. The van der Waals surface area contributed by atoms with Crippen LogP contribution in [0.25, 0.3) is 0 Å². The van der Waals surface area contributed by atoms with Crippen LogP contribution in [0.15, 0.2) is 45.8 Å². The standard InChI is InChI=1S/C13H10BrF2NOS/c14-9-1-3-11(15)8(5-9)7-19(18)10-2-4-13(17)12(16)6-10/h1-6H,7,17H2. The van der Waals surface area contributed by atoms with E-state index in [1.54, 1.807) is 12.1 Å². The second-order valence-electron chi connectivity index (χ2n) is 3.91. The second-order valence-corrected chi connectivity index (χ2v) is 6.28. The highest BCUT2D eigenvalue weighted by Crippen LogP contribution is 2.21. The smallest absolute Gasteiger partial charge is 0.147 e. The summed E-state index contributed by atoms with van der Waals surface area (Å²) in [5, 5.41) is 0. The zero-order valence-corrected chi connectivity index (χ0v) is 12.1. The molecular formula is C13H10BrF2NOS. The van der Waals surface area contributed by atoms with Gasteiger partial charge >= 0.3 is 0 Å². The van der Waals surface area contributed by atoms with E-state index in [9.17, 15) is 13.0 Å². The number of hydrogen-bond donors (Lipinski definition) is 1. The highest BCUT2D eigenvalue weighted by atomic mass is 79.9. The topological polar surface area (TPSA) is 43.1 Å². The molecule has 0 bridgehead atoms. The van der Waals surface area contributed by atoms with Crippen LogP contribution < -0.4 is 5.73 Å².